The molecule has 6 nitrogen and oxygen atoms in total. The Hall–Kier alpha value is -2.09. The highest BCUT2D eigenvalue weighted by Crippen LogP contribution is 2.22. The number of ether oxygens (including phenoxy) is 1. The molecule has 2 aromatic carbocycles. The zero-order valence-electron chi connectivity index (χ0n) is 13.0. The first-order valence-electron chi connectivity index (χ1n) is 6.88. The van der Waals surface area contributed by atoms with Crippen molar-refractivity contribution in [1.29, 1.82) is 0 Å². The van der Waals surface area contributed by atoms with Crippen molar-refractivity contribution in [3.8, 4) is 0 Å². The molecule has 0 radical (unpaired) electrons. The minimum Gasteiger partial charge on any atom is -0.452 e. The first-order chi connectivity index (χ1) is 11.6. The summed E-state index contributed by atoms with van der Waals surface area (Å²) in [5, 5.41) is 3.17. The van der Waals surface area contributed by atoms with Crippen molar-refractivity contribution in [2.24, 2.45) is 0 Å². The van der Waals surface area contributed by atoms with Gasteiger partial charge in [-0.25, -0.2) is 13.2 Å². The molecule has 0 aromatic heterocycles. The highest BCUT2D eigenvalue weighted by Gasteiger charge is 2.14. The largest absolute Gasteiger partial charge is 0.452 e. The number of hydrogen-bond donors (Lipinski definition) is 1. The van der Waals surface area contributed by atoms with Gasteiger partial charge in [0.25, 0.3) is 5.91 Å². The Morgan fingerprint density at radius 3 is 2.32 bits per heavy atom. The van der Waals surface area contributed by atoms with Crippen LogP contribution in [0.15, 0.2) is 47.4 Å². The lowest BCUT2D eigenvalue weighted by molar-refractivity contribution is -0.119. The van der Waals surface area contributed by atoms with Crippen LogP contribution in [0.25, 0.3) is 0 Å². The van der Waals surface area contributed by atoms with Gasteiger partial charge in [0.05, 0.1) is 10.5 Å². The lowest BCUT2D eigenvalue weighted by Gasteiger charge is -2.08. The van der Waals surface area contributed by atoms with Gasteiger partial charge in [0, 0.05) is 22.0 Å². The summed E-state index contributed by atoms with van der Waals surface area (Å²) in [7, 11) is -3.45. The number of rotatable bonds is 5. The molecule has 0 saturated heterocycles. The van der Waals surface area contributed by atoms with Gasteiger partial charge in [-0.2, -0.15) is 0 Å². The van der Waals surface area contributed by atoms with Crippen LogP contribution in [0, 0.1) is 0 Å². The third-order valence-corrected chi connectivity index (χ3v) is 4.53. The summed E-state index contributed by atoms with van der Waals surface area (Å²) in [6, 6.07) is 9.85. The number of amides is 1. The van der Waals surface area contributed by atoms with E-state index in [1.54, 1.807) is 0 Å². The van der Waals surface area contributed by atoms with Crippen molar-refractivity contribution in [3.05, 3.63) is 58.1 Å². The first-order valence-corrected chi connectivity index (χ1v) is 9.53. The second kappa shape index (κ2) is 7.86. The highest BCUT2D eigenvalue weighted by molar-refractivity contribution is 7.90. The molecule has 0 atom stereocenters. The molecule has 2 rings (SSSR count). The van der Waals surface area contributed by atoms with Crippen LogP contribution in [0.1, 0.15) is 10.4 Å². The molecule has 0 spiro atoms. The van der Waals surface area contributed by atoms with Crippen molar-refractivity contribution in [2.75, 3.05) is 18.2 Å². The van der Waals surface area contributed by atoms with Crippen LogP contribution in [0.3, 0.4) is 0 Å². The number of anilines is 1. The molecular weight excluding hydrogens is 389 g/mol. The molecule has 0 heterocycles. The molecule has 9 heteroatoms. The smallest absolute Gasteiger partial charge is 0.338 e. The minimum absolute atomic E-state index is 0.0139. The van der Waals surface area contributed by atoms with E-state index < -0.39 is 28.3 Å². The average molecular weight is 402 g/mol. The minimum atomic E-state index is -3.45. The highest BCUT2D eigenvalue weighted by atomic mass is 35.5. The third-order valence-electron chi connectivity index (χ3n) is 2.98. The Labute approximate surface area is 154 Å². The van der Waals surface area contributed by atoms with Crippen molar-refractivity contribution < 1.29 is 22.7 Å². The lowest BCUT2D eigenvalue weighted by Crippen LogP contribution is -2.21. The standard InChI is InChI=1S/C16H13Cl2NO5S/c1-25(22,23)14-4-2-3-10(5-14)16(21)24-9-15(20)19-13-7-11(17)6-12(18)8-13/h2-8H,9H2,1H3,(H,19,20). The number of benzene rings is 2. The number of halogens is 2. The second-order valence-corrected chi connectivity index (χ2v) is 7.97. The van der Waals surface area contributed by atoms with Crippen LogP contribution in [-0.4, -0.2) is 33.2 Å². The van der Waals surface area contributed by atoms with E-state index in [2.05, 4.69) is 5.32 Å². The molecule has 0 aliphatic carbocycles. The molecule has 2 aromatic rings. The number of esters is 1. The molecule has 0 aliphatic heterocycles. The fraction of sp³-hybridized carbons (Fsp3) is 0.125. The van der Waals surface area contributed by atoms with Gasteiger partial charge in [0.15, 0.2) is 16.4 Å². The van der Waals surface area contributed by atoms with Gasteiger partial charge in [-0.05, 0) is 36.4 Å². The van der Waals surface area contributed by atoms with Crippen LogP contribution < -0.4 is 5.32 Å². The second-order valence-electron chi connectivity index (χ2n) is 5.08. The lowest BCUT2D eigenvalue weighted by atomic mass is 10.2. The summed E-state index contributed by atoms with van der Waals surface area (Å²) in [6.45, 7) is -0.550. The van der Waals surface area contributed by atoms with Gasteiger partial charge < -0.3 is 10.1 Å². The van der Waals surface area contributed by atoms with E-state index >= 15 is 0 Å². The zero-order chi connectivity index (χ0) is 18.6. The van der Waals surface area contributed by atoms with E-state index in [-0.39, 0.29) is 10.5 Å². The zero-order valence-corrected chi connectivity index (χ0v) is 15.3. The third kappa shape index (κ3) is 5.74. The van der Waals surface area contributed by atoms with Crippen molar-refractivity contribution >= 4 is 50.6 Å². The number of nitrogens with one attached hydrogen (secondary N) is 1. The van der Waals surface area contributed by atoms with E-state index in [0.717, 1.165) is 6.26 Å². The van der Waals surface area contributed by atoms with Crippen molar-refractivity contribution in [1.82, 2.24) is 0 Å². The van der Waals surface area contributed by atoms with Crippen LogP contribution in [0.4, 0.5) is 5.69 Å². The Bertz CT molecular complexity index is 908. The molecular formula is C16H13Cl2NO5S. The number of sulfone groups is 1. The fourth-order valence-electron chi connectivity index (χ4n) is 1.89. The first kappa shape index (κ1) is 19.2. The van der Waals surface area contributed by atoms with Crippen LogP contribution in [0.5, 0.6) is 0 Å². The van der Waals surface area contributed by atoms with Crippen LogP contribution in [-0.2, 0) is 19.4 Å². The maximum atomic E-state index is 11.9. The summed E-state index contributed by atoms with van der Waals surface area (Å²) in [6.07, 6.45) is 1.03. The molecule has 0 unspecified atom stereocenters. The molecule has 0 fully saturated rings. The van der Waals surface area contributed by atoms with Crippen LogP contribution in [0.2, 0.25) is 10.0 Å². The van der Waals surface area contributed by atoms with Crippen molar-refractivity contribution in [2.45, 2.75) is 4.90 Å². The van der Waals surface area contributed by atoms with Crippen LogP contribution >= 0.6 is 23.2 Å². The predicted octanol–water partition coefficient (Wildman–Crippen LogP) is 3.19. The van der Waals surface area contributed by atoms with E-state index in [9.17, 15) is 18.0 Å². The molecule has 0 bridgehead atoms. The van der Waals surface area contributed by atoms with E-state index in [0.29, 0.717) is 15.7 Å². The van der Waals surface area contributed by atoms with Crippen molar-refractivity contribution in [3.63, 3.8) is 0 Å². The van der Waals surface area contributed by atoms with E-state index in [1.807, 2.05) is 0 Å². The maximum absolute atomic E-state index is 11.9. The van der Waals surface area contributed by atoms with Gasteiger partial charge in [0.1, 0.15) is 0 Å². The maximum Gasteiger partial charge on any atom is 0.338 e. The molecule has 1 N–H and O–H groups in total. The molecule has 0 saturated carbocycles. The van der Waals surface area contributed by atoms with Gasteiger partial charge in [-0.3, -0.25) is 4.79 Å². The van der Waals surface area contributed by atoms with Gasteiger partial charge >= 0.3 is 5.97 Å². The number of carbonyl (C=O) groups is 2. The molecule has 132 valence electrons. The number of hydrogen-bond acceptors (Lipinski definition) is 5. The average Bonchev–Trinajstić information content (AvgIpc) is 2.51. The quantitative estimate of drug-likeness (QED) is 0.776. The molecule has 0 aliphatic rings. The Kier molecular flexibility index (Phi) is 6.05. The SMILES string of the molecule is CS(=O)(=O)c1cccc(C(=O)OCC(=O)Nc2cc(Cl)cc(Cl)c2)c1. The van der Waals surface area contributed by atoms with Gasteiger partial charge in [-0.1, -0.05) is 29.3 Å². The summed E-state index contributed by atoms with van der Waals surface area (Å²) in [5.74, 6) is -1.41. The summed E-state index contributed by atoms with van der Waals surface area (Å²) >= 11 is 11.6. The Morgan fingerprint density at radius 1 is 1.08 bits per heavy atom. The normalized spacial score (nSPS) is 11.0. The van der Waals surface area contributed by atoms with Gasteiger partial charge in [-0.15, -0.1) is 0 Å². The van der Waals surface area contributed by atoms with E-state index in [1.165, 1.54) is 42.5 Å². The number of carbonyl (C=O) groups excluding carboxylic acids is 2. The Balaban J connectivity index is 1.99. The summed E-state index contributed by atoms with van der Waals surface area (Å²) in [5.41, 5.74) is 0.388. The molecule has 25 heavy (non-hydrogen) atoms. The topological polar surface area (TPSA) is 89.5 Å². The monoisotopic (exact) mass is 401 g/mol. The van der Waals surface area contributed by atoms with E-state index in [4.69, 9.17) is 27.9 Å². The fourth-order valence-corrected chi connectivity index (χ4v) is 3.08. The predicted molar refractivity (Wildman–Crippen MR) is 94.9 cm³/mol. The van der Waals surface area contributed by atoms with Gasteiger partial charge in [0.2, 0.25) is 0 Å². The Morgan fingerprint density at radius 2 is 1.72 bits per heavy atom. The summed E-state index contributed by atoms with van der Waals surface area (Å²) in [4.78, 5) is 23.8. The molecule has 1 amide bonds. The summed E-state index contributed by atoms with van der Waals surface area (Å²) < 4.78 is 27.9.